The SMILES string of the molecule is CNc1nc(N)nc2c1C(c1cc(OC)c(-n3cnc(C)n3)cc1F)CC2c1ccc(F)cc1. The van der Waals surface area contributed by atoms with Gasteiger partial charge in [-0.1, -0.05) is 12.1 Å². The Morgan fingerprint density at radius 2 is 1.88 bits per heavy atom. The second-order valence-electron chi connectivity index (χ2n) is 8.15. The van der Waals surface area contributed by atoms with Crippen LogP contribution in [-0.4, -0.2) is 38.9 Å². The van der Waals surface area contributed by atoms with Gasteiger partial charge in [0.1, 0.15) is 41.0 Å². The van der Waals surface area contributed by atoms with Crippen molar-refractivity contribution in [3.63, 3.8) is 0 Å². The van der Waals surface area contributed by atoms with Gasteiger partial charge >= 0.3 is 0 Å². The van der Waals surface area contributed by atoms with Gasteiger partial charge in [-0.3, -0.25) is 0 Å². The Hall–Kier alpha value is -4.08. The van der Waals surface area contributed by atoms with E-state index in [0.717, 1.165) is 11.1 Å². The number of methoxy groups -OCH3 is 1. The zero-order valence-electron chi connectivity index (χ0n) is 18.9. The third-order valence-corrected chi connectivity index (χ3v) is 6.18. The van der Waals surface area contributed by atoms with Gasteiger partial charge in [0, 0.05) is 30.5 Å². The molecule has 2 aromatic heterocycles. The summed E-state index contributed by atoms with van der Waals surface area (Å²) < 4.78 is 36.3. The van der Waals surface area contributed by atoms with Crippen LogP contribution in [0, 0.1) is 18.6 Å². The second-order valence-corrected chi connectivity index (χ2v) is 8.15. The fraction of sp³-hybridized carbons (Fsp3) is 0.250. The Labute approximate surface area is 194 Å². The number of nitrogens with one attached hydrogen (secondary N) is 1. The molecule has 1 aliphatic carbocycles. The molecular weight excluding hydrogens is 440 g/mol. The fourth-order valence-corrected chi connectivity index (χ4v) is 4.67. The highest BCUT2D eigenvalue weighted by molar-refractivity contribution is 5.61. The summed E-state index contributed by atoms with van der Waals surface area (Å²) in [6.45, 7) is 1.75. The summed E-state index contributed by atoms with van der Waals surface area (Å²) in [5.74, 6) is 0.332. The summed E-state index contributed by atoms with van der Waals surface area (Å²) >= 11 is 0. The third kappa shape index (κ3) is 3.60. The molecule has 0 saturated heterocycles. The van der Waals surface area contributed by atoms with Gasteiger partial charge < -0.3 is 15.8 Å². The quantitative estimate of drug-likeness (QED) is 0.462. The normalized spacial score (nSPS) is 17.0. The van der Waals surface area contributed by atoms with E-state index in [-0.39, 0.29) is 23.6 Å². The molecule has 2 aromatic carbocycles. The van der Waals surface area contributed by atoms with Crippen molar-refractivity contribution < 1.29 is 13.5 Å². The molecule has 0 bridgehead atoms. The maximum absolute atomic E-state index is 15.6. The van der Waals surface area contributed by atoms with Crippen molar-refractivity contribution in [1.82, 2.24) is 24.7 Å². The van der Waals surface area contributed by atoms with Crippen molar-refractivity contribution in [1.29, 1.82) is 0 Å². The Morgan fingerprint density at radius 3 is 2.53 bits per heavy atom. The highest BCUT2D eigenvalue weighted by Crippen LogP contribution is 2.51. The number of nitrogen functional groups attached to an aromatic ring is 1. The summed E-state index contributed by atoms with van der Waals surface area (Å²) in [5, 5.41) is 7.34. The van der Waals surface area contributed by atoms with Crippen molar-refractivity contribution in [2.75, 3.05) is 25.2 Å². The smallest absolute Gasteiger partial charge is 0.222 e. The first kappa shape index (κ1) is 21.7. The lowest BCUT2D eigenvalue weighted by Crippen LogP contribution is -2.10. The van der Waals surface area contributed by atoms with Crippen LogP contribution >= 0.6 is 0 Å². The highest BCUT2D eigenvalue weighted by Gasteiger charge is 2.39. The van der Waals surface area contributed by atoms with E-state index in [1.54, 1.807) is 32.2 Å². The molecule has 0 saturated carbocycles. The molecule has 4 aromatic rings. The van der Waals surface area contributed by atoms with Crippen LogP contribution in [0.1, 0.15) is 46.5 Å². The molecule has 3 N–H and O–H groups in total. The zero-order valence-corrected chi connectivity index (χ0v) is 18.9. The lowest BCUT2D eigenvalue weighted by atomic mass is 9.90. The number of fused-ring (bicyclic) bond motifs is 1. The standard InChI is InChI=1S/C24H23F2N7O/c1-12-29-11-33(32-12)19-10-18(26)16(9-20(19)34-3)17-8-15(13-4-6-14(25)7-5-13)22-21(17)23(28-2)31-24(27)30-22/h4-7,9-11,15,17H,8H2,1-3H3,(H3,27,28,30,31). The van der Waals surface area contributed by atoms with E-state index in [0.29, 0.717) is 40.8 Å². The minimum Gasteiger partial charge on any atom is -0.494 e. The number of nitrogens with zero attached hydrogens (tertiary/aromatic N) is 5. The Balaban J connectivity index is 1.67. The van der Waals surface area contributed by atoms with Gasteiger partial charge in [-0.2, -0.15) is 10.1 Å². The maximum Gasteiger partial charge on any atom is 0.222 e. The van der Waals surface area contributed by atoms with Crippen LogP contribution in [0.5, 0.6) is 5.75 Å². The predicted molar refractivity (Wildman–Crippen MR) is 123 cm³/mol. The van der Waals surface area contributed by atoms with Crippen molar-refractivity contribution >= 4 is 11.8 Å². The van der Waals surface area contributed by atoms with Crippen LogP contribution in [0.3, 0.4) is 0 Å². The fourth-order valence-electron chi connectivity index (χ4n) is 4.67. The van der Waals surface area contributed by atoms with E-state index in [2.05, 4.69) is 25.4 Å². The van der Waals surface area contributed by atoms with E-state index in [1.165, 1.54) is 36.3 Å². The number of benzene rings is 2. The summed E-state index contributed by atoms with van der Waals surface area (Å²) in [4.78, 5) is 13.0. The minimum atomic E-state index is -0.418. The van der Waals surface area contributed by atoms with Gasteiger partial charge in [0.05, 0.1) is 12.8 Å². The largest absolute Gasteiger partial charge is 0.494 e. The van der Waals surface area contributed by atoms with Crippen LogP contribution in [-0.2, 0) is 0 Å². The van der Waals surface area contributed by atoms with Crippen LogP contribution in [0.15, 0.2) is 42.7 Å². The number of ether oxygens (including phenoxy) is 1. The monoisotopic (exact) mass is 463 g/mol. The van der Waals surface area contributed by atoms with E-state index in [9.17, 15) is 4.39 Å². The number of halogens is 2. The first-order valence-electron chi connectivity index (χ1n) is 10.8. The van der Waals surface area contributed by atoms with Crippen LogP contribution in [0.2, 0.25) is 0 Å². The number of anilines is 2. The molecule has 174 valence electrons. The average Bonchev–Trinajstić information content (AvgIpc) is 3.42. The molecule has 0 amide bonds. The molecule has 0 fully saturated rings. The molecule has 2 unspecified atom stereocenters. The average molecular weight is 463 g/mol. The van der Waals surface area contributed by atoms with Gasteiger partial charge in [0.25, 0.3) is 0 Å². The summed E-state index contributed by atoms with van der Waals surface area (Å²) in [5.41, 5.74) is 9.19. The van der Waals surface area contributed by atoms with Crippen LogP contribution < -0.4 is 15.8 Å². The highest BCUT2D eigenvalue weighted by atomic mass is 19.1. The van der Waals surface area contributed by atoms with Gasteiger partial charge in [0.15, 0.2) is 0 Å². The van der Waals surface area contributed by atoms with E-state index >= 15 is 4.39 Å². The molecule has 0 spiro atoms. The van der Waals surface area contributed by atoms with Crippen molar-refractivity contribution in [2.45, 2.75) is 25.2 Å². The summed E-state index contributed by atoms with van der Waals surface area (Å²) in [7, 11) is 3.26. The van der Waals surface area contributed by atoms with Crippen LogP contribution in [0.4, 0.5) is 20.5 Å². The second kappa shape index (κ2) is 8.36. The number of hydrogen-bond acceptors (Lipinski definition) is 7. The number of rotatable bonds is 5. The Bertz CT molecular complexity index is 1370. The van der Waals surface area contributed by atoms with Crippen molar-refractivity contribution in [3.05, 3.63) is 82.6 Å². The van der Waals surface area contributed by atoms with E-state index < -0.39 is 5.82 Å². The summed E-state index contributed by atoms with van der Waals surface area (Å²) in [6.07, 6.45) is 2.02. The first-order chi connectivity index (χ1) is 16.4. The first-order valence-corrected chi connectivity index (χ1v) is 10.8. The topological polar surface area (TPSA) is 104 Å². The lowest BCUT2D eigenvalue weighted by Gasteiger charge is -2.18. The minimum absolute atomic E-state index is 0.116. The van der Waals surface area contributed by atoms with Crippen molar-refractivity contribution in [3.8, 4) is 11.4 Å². The van der Waals surface area contributed by atoms with E-state index in [4.69, 9.17) is 10.5 Å². The third-order valence-electron chi connectivity index (χ3n) is 6.18. The molecule has 1 aliphatic rings. The van der Waals surface area contributed by atoms with Gasteiger partial charge in [-0.15, -0.1) is 0 Å². The molecule has 8 nitrogen and oxygen atoms in total. The number of aromatic nitrogens is 5. The number of aryl methyl sites for hydroxylation is 1. The number of nitrogens with two attached hydrogens (primary N) is 1. The molecule has 10 heteroatoms. The van der Waals surface area contributed by atoms with Crippen LogP contribution in [0.25, 0.3) is 5.69 Å². The van der Waals surface area contributed by atoms with Gasteiger partial charge in [0.2, 0.25) is 5.95 Å². The van der Waals surface area contributed by atoms with Gasteiger partial charge in [-0.25, -0.2) is 23.4 Å². The molecule has 0 radical (unpaired) electrons. The zero-order chi connectivity index (χ0) is 24.0. The number of hydrogen-bond donors (Lipinski definition) is 2. The Kier molecular flexibility index (Phi) is 5.35. The molecule has 2 atom stereocenters. The molecule has 2 heterocycles. The molecule has 5 rings (SSSR count). The van der Waals surface area contributed by atoms with Gasteiger partial charge in [-0.05, 0) is 42.7 Å². The van der Waals surface area contributed by atoms with E-state index in [1.807, 2.05) is 0 Å². The summed E-state index contributed by atoms with van der Waals surface area (Å²) in [6, 6.07) is 9.32. The molecule has 0 aliphatic heterocycles. The maximum atomic E-state index is 15.6. The lowest BCUT2D eigenvalue weighted by molar-refractivity contribution is 0.409. The Morgan fingerprint density at radius 1 is 1.12 bits per heavy atom. The predicted octanol–water partition coefficient (Wildman–Crippen LogP) is 3.94. The molecule has 34 heavy (non-hydrogen) atoms. The molecular formula is C24H23F2N7O. The van der Waals surface area contributed by atoms with Crippen molar-refractivity contribution in [2.24, 2.45) is 0 Å².